The van der Waals surface area contributed by atoms with Crippen LogP contribution in [0.3, 0.4) is 0 Å². The van der Waals surface area contributed by atoms with E-state index in [9.17, 15) is 5.11 Å². The van der Waals surface area contributed by atoms with E-state index in [-0.39, 0.29) is 6.10 Å². The maximum atomic E-state index is 9.33. The fraction of sp³-hybridized carbons (Fsp3) is 0.625. The monoisotopic (exact) mass is 230 g/mol. The molecule has 4 heteroatoms. The summed E-state index contributed by atoms with van der Waals surface area (Å²) in [6, 6.07) is 2.30. The summed E-state index contributed by atoms with van der Waals surface area (Å²) in [6.45, 7) is 0. The minimum atomic E-state index is -0.133. The summed E-state index contributed by atoms with van der Waals surface area (Å²) in [4.78, 5) is 0. The molecule has 2 rings (SSSR count). The Bertz CT molecular complexity index is 274. The van der Waals surface area contributed by atoms with Gasteiger partial charge in [0, 0.05) is 0 Å². The topological polar surface area (TPSA) is 38.0 Å². The van der Waals surface area contributed by atoms with E-state index in [1.165, 1.54) is 0 Å². The highest BCUT2D eigenvalue weighted by Crippen LogP contribution is 2.31. The molecule has 12 heavy (non-hydrogen) atoms. The number of aliphatic hydroxyl groups is 1. The zero-order valence-corrected chi connectivity index (χ0v) is 8.24. The zero-order chi connectivity index (χ0) is 8.55. The van der Waals surface area contributed by atoms with Gasteiger partial charge in [-0.15, -0.1) is 0 Å². The van der Waals surface area contributed by atoms with Crippen LogP contribution in [0.2, 0.25) is 0 Å². The number of halogens is 1. The van der Waals surface area contributed by atoms with Crippen LogP contribution in [-0.4, -0.2) is 21.0 Å². The smallest absolute Gasteiger partial charge is 0.104 e. The summed E-state index contributed by atoms with van der Waals surface area (Å²) >= 11 is 3.42. The van der Waals surface area contributed by atoms with Crippen LogP contribution < -0.4 is 0 Å². The van der Waals surface area contributed by atoms with E-state index in [4.69, 9.17) is 0 Å². The Labute approximate surface area is 79.5 Å². The molecule has 66 valence electrons. The van der Waals surface area contributed by atoms with Crippen LogP contribution in [0.4, 0.5) is 0 Å². The lowest BCUT2D eigenvalue weighted by Crippen LogP contribution is -2.08. The molecule has 1 aliphatic carbocycles. The van der Waals surface area contributed by atoms with Crippen LogP contribution in [0, 0.1) is 0 Å². The lowest BCUT2D eigenvalue weighted by Gasteiger charge is -2.10. The standard InChI is InChI=1S/C8H11BrN2O/c9-8-3-4-10-11(8)6-1-2-7(12)5-6/h3-4,6-7,12H,1-2,5H2. The summed E-state index contributed by atoms with van der Waals surface area (Å²) in [7, 11) is 0. The molecule has 1 aromatic rings. The third-order valence-corrected chi connectivity index (χ3v) is 2.97. The molecule has 2 unspecified atom stereocenters. The van der Waals surface area contributed by atoms with Crippen molar-refractivity contribution < 1.29 is 5.11 Å². The highest BCUT2D eigenvalue weighted by atomic mass is 79.9. The van der Waals surface area contributed by atoms with Crippen molar-refractivity contribution in [2.75, 3.05) is 0 Å². The minimum absolute atomic E-state index is 0.133. The highest BCUT2D eigenvalue weighted by molar-refractivity contribution is 9.10. The Morgan fingerprint density at radius 2 is 2.42 bits per heavy atom. The summed E-state index contributed by atoms with van der Waals surface area (Å²) in [5.41, 5.74) is 0. The molecule has 0 bridgehead atoms. The van der Waals surface area contributed by atoms with Crippen molar-refractivity contribution in [2.45, 2.75) is 31.4 Å². The Kier molecular flexibility index (Phi) is 2.19. The molecule has 1 N–H and O–H groups in total. The van der Waals surface area contributed by atoms with E-state index in [0.717, 1.165) is 23.9 Å². The van der Waals surface area contributed by atoms with Crippen molar-refractivity contribution in [3.63, 3.8) is 0 Å². The van der Waals surface area contributed by atoms with Gasteiger partial charge < -0.3 is 5.11 Å². The number of aliphatic hydroxyl groups excluding tert-OH is 1. The van der Waals surface area contributed by atoms with Crippen LogP contribution in [0.1, 0.15) is 25.3 Å². The van der Waals surface area contributed by atoms with Gasteiger partial charge in [0.25, 0.3) is 0 Å². The van der Waals surface area contributed by atoms with Crippen molar-refractivity contribution in [1.29, 1.82) is 0 Å². The van der Waals surface area contributed by atoms with E-state index in [0.29, 0.717) is 6.04 Å². The third-order valence-electron chi connectivity index (χ3n) is 2.35. The quantitative estimate of drug-likeness (QED) is 0.799. The van der Waals surface area contributed by atoms with Gasteiger partial charge in [0.05, 0.1) is 18.3 Å². The van der Waals surface area contributed by atoms with Gasteiger partial charge >= 0.3 is 0 Å². The largest absolute Gasteiger partial charge is 0.393 e. The predicted octanol–water partition coefficient (Wildman–Crippen LogP) is 1.73. The van der Waals surface area contributed by atoms with Crippen LogP contribution in [0.25, 0.3) is 0 Å². The Balaban J connectivity index is 2.16. The summed E-state index contributed by atoms with van der Waals surface area (Å²) in [5, 5.41) is 13.5. The molecule has 0 radical (unpaired) electrons. The Morgan fingerprint density at radius 3 is 2.92 bits per heavy atom. The molecule has 0 aliphatic heterocycles. The molecular weight excluding hydrogens is 220 g/mol. The lowest BCUT2D eigenvalue weighted by atomic mass is 10.2. The fourth-order valence-electron chi connectivity index (χ4n) is 1.72. The van der Waals surface area contributed by atoms with Gasteiger partial charge in [0.2, 0.25) is 0 Å². The van der Waals surface area contributed by atoms with E-state index in [1.54, 1.807) is 6.20 Å². The predicted molar refractivity (Wildman–Crippen MR) is 48.8 cm³/mol. The number of hydrogen-bond acceptors (Lipinski definition) is 2. The third kappa shape index (κ3) is 1.41. The first kappa shape index (κ1) is 8.26. The molecule has 0 aromatic carbocycles. The van der Waals surface area contributed by atoms with Crippen LogP contribution in [0.5, 0.6) is 0 Å². The lowest BCUT2D eigenvalue weighted by molar-refractivity contribution is 0.177. The first-order valence-corrected chi connectivity index (χ1v) is 4.94. The van der Waals surface area contributed by atoms with Crippen molar-refractivity contribution in [3.05, 3.63) is 16.9 Å². The second-order valence-corrected chi connectivity index (χ2v) is 4.03. The number of rotatable bonds is 1. The first-order valence-electron chi connectivity index (χ1n) is 4.14. The number of nitrogens with zero attached hydrogens (tertiary/aromatic N) is 2. The van der Waals surface area contributed by atoms with Gasteiger partial charge in [-0.2, -0.15) is 5.10 Å². The Morgan fingerprint density at radius 1 is 1.58 bits per heavy atom. The fourth-order valence-corrected chi connectivity index (χ4v) is 2.22. The maximum absolute atomic E-state index is 9.33. The average molecular weight is 231 g/mol. The summed E-state index contributed by atoms with van der Waals surface area (Å²) in [5.74, 6) is 0. The minimum Gasteiger partial charge on any atom is -0.393 e. The number of aromatic nitrogens is 2. The van der Waals surface area contributed by atoms with Gasteiger partial charge in [-0.3, -0.25) is 4.68 Å². The number of hydrogen-bond donors (Lipinski definition) is 1. The first-order chi connectivity index (χ1) is 5.77. The van der Waals surface area contributed by atoms with Crippen LogP contribution in [0.15, 0.2) is 16.9 Å². The van der Waals surface area contributed by atoms with E-state index in [1.807, 2.05) is 10.7 Å². The van der Waals surface area contributed by atoms with E-state index in [2.05, 4.69) is 21.0 Å². The average Bonchev–Trinajstić information content (AvgIpc) is 2.58. The summed E-state index contributed by atoms with van der Waals surface area (Å²) < 4.78 is 2.94. The van der Waals surface area contributed by atoms with E-state index < -0.39 is 0 Å². The van der Waals surface area contributed by atoms with Crippen molar-refractivity contribution >= 4 is 15.9 Å². The molecule has 0 amide bonds. The molecular formula is C8H11BrN2O. The van der Waals surface area contributed by atoms with Crippen LogP contribution in [-0.2, 0) is 0 Å². The van der Waals surface area contributed by atoms with Crippen molar-refractivity contribution in [2.24, 2.45) is 0 Å². The summed E-state index contributed by atoms with van der Waals surface area (Å²) in [6.07, 6.45) is 4.40. The van der Waals surface area contributed by atoms with Gasteiger partial charge in [0.1, 0.15) is 4.60 Å². The van der Waals surface area contributed by atoms with E-state index >= 15 is 0 Å². The van der Waals surface area contributed by atoms with Gasteiger partial charge in [-0.25, -0.2) is 0 Å². The molecule has 1 heterocycles. The molecule has 1 aromatic heterocycles. The molecule has 1 aliphatic rings. The van der Waals surface area contributed by atoms with Crippen molar-refractivity contribution in [3.8, 4) is 0 Å². The Hall–Kier alpha value is -0.350. The zero-order valence-electron chi connectivity index (χ0n) is 6.65. The molecule has 2 atom stereocenters. The maximum Gasteiger partial charge on any atom is 0.104 e. The highest BCUT2D eigenvalue weighted by Gasteiger charge is 2.25. The van der Waals surface area contributed by atoms with Crippen LogP contribution >= 0.6 is 15.9 Å². The molecule has 0 saturated heterocycles. The SMILES string of the molecule is OC1CCC(n2nccc2Br)C1. The molecule has 0 spiro atoms. The van der Waals surface area contributed by atoms with Gasteiger partial charge in [-0.05, 0) is 41.3 Å². The molecule has 1 saturated carbocycles. The second kappa shape index (κ2) is 3.18. The van der Waals surface area contributed by atoms with Gasteiger partial charge in [0.15, 0.2) is 0 Å². The second-order valence-electron chi connectivity index (χ2n) is 3.22. The van der Waals surface area contributed by atoms with Crippen molar-refractivity contribution in [1.82, 2.24) is 9.78 Å². The normalized spacial score (nSPS) is 29.5. The molecule has 1 fully saturated rings. The van der Waals surface area contributed by atoms with Gasteiger partial charge in [-0.1, -0.05) is 0 Å². The molecule has 3 nitrogen and oxygen atoms in total.